The number of hydrogen-bond acceptors (Lipinski definition) is 4. The van der Waals surface area contributed by atoms with Gasteiger partial charge in [-0.3, -0.25) is 9.59 Å². The molecule has 2 aromatic carbocycles. The van der Waals surface area contributed by atoms with Crippen LogP contribution in [-0.2, 0) is 17.5 Å². The lowest BCUT2D eigenvalue weighted by Crippen LogP contribution is -2.36. The highest BCUT2D eigenvalue weighted by Gasteiger charge is 2.30. The Morgan fingerprint density at radius 3 is 2.32 bits per heavy atom. The fourth-order valence-electron chi connectivity index (χ4n) is 2.36. The van der Waals surface area contributed by atoms with E-state index in [1.54, 1.807) is 6.07 Å². The number of methoxy groups -OCH3 is 2. The van der Waals surface area contributed by atoms with Gasteiger partial charge in [-0.2, -0.15) is 13.2 Å². The van der Waals surface area contributed by atoms with E-state index in [-0.39, 0.29) is 18.7 Å². The van der Waals surface area contributed by atoms with Gasteiger partial charge in [-0.05, 0) is 35.9 Å². The molecule has 0 fully saturated rings. The maximum Gasteiger partial charge on any atom is 0.416 e. The van der Waals surface area contributed by atoms with E-state index in [4.69, 9.17) is 9.47 Å². The molecular formula is C19H19F3N2O4. The van der Waals surface area contributed by atoms with E-state index in [0.717, 1.165) is 12.1 Å². The van der Waals surface area contributed by atoms with Crippen molar-refractivity contribution in [3.05, 3.63) is 59.2 Å². The van der Waals surface area contributed by atoms with Crippen molar-refractivity contribution in [3.63, 3.8) is 0 Å². The topological polar surface area (TPSA) is 76.7 Å². The molecule has 0 saturated heterocycles. The molecule has 2 rings (SSSR count). The molecule has 2 amide bonds. The van der Waals surface area contributed by atoms with Crippen LogP contribution in [0.15, 0.2) is 42.5 Å². The average molecular weight is 396 g/mol. The van der Waals surface area contributed by atoms with E-state index in [9.17, 15) is 22.8 Å². The van der Waals surface area contributed by atoms with Crippen LogP contribution in [0, 0.1) is 0 Å². The summed E-state index contributed by atoms with van der Waals surface area (Å²) in [7, 11) is 2.90. The SMILES string of the molecule is COc1ccc(C(=O)NCC(=O)NCc2cccc(C(F)(F)F)c2)cc1OC. The maximum absolute atomic E-state index is 12.7. The van der Waals surface area contributed by atoms with E-state index in [0.29, 0.717) is 17.1 Å². The van der Waals surface area contributed by atoms with Crippen molar-refractivity contribution in [3.8, 4) is 11.5 Å². The Labute approximate surface area is 159 Å². The molecule has 28 heavy (non-hydrogen) atoms. The molecule has 0 aliphatic heterocycles. The fourth-order valence-corrected chi connectivity index (χ4v) is 2.36. The van der Waals surface area contributed by atoms with Crippen molar-refractivity contribution in [2.45, 2.75) is 12.7 Å². The van der Waals surface area contributed by atoms with Crippen LogP contribution in [-0.4, -0.2) is 32.6 Å². The van der Waals surface area contributed by atoms with Crippen LogP contribution < -0.4 is 20.1 Å². The summed E-state index contributed by atoms with van der Waals surface area (Å²) in [6, 6.07) is 9.19. The third-order valence-electron chi connectivity index (χ3n) is 3.80. The van der Waals surface area contributed by atoms with Crippen LogP contribution in [0.4, 0.5) is 13.2 Å². The van der Waals surface area contributed by atoms with Gasteiger partial charge in [-0.1, -0.05) is 12.1 Å². The number of ether oxygens (including phenoxy) is 2. The van der Waals surface area contributed by atoms with E-state index < -0.39 is 23.6 Å². The quantitative estimate of drug-likeness (QED) is 0.755. The van der Waals surface area contributed by atoms with Gasteiger partial charge in [-0.25, -0.2) is 0 Å². The molecule has 0 saturated carbocycles. The lowest BCUT2D eigenvalue weighted by molar-refractivity contribution is -0.137. The largest absolute Gasteiger partial charge is 0.493 e. The molecule has 0 spiro atoms. The van der Waals surface area contributed by atoms with Crippen molar-refractivity contribution in [1.82, 2.24) is 10.6 Å². The zero-order valence-corrected chi connectivity index (χ0v) is 15.2. The van der Waals surface area contributed by atoms with E-state index in [1.165, 1.54) is 38.5 Å². The Balaban J connectivity index is 1.88. The maximum atomic E-state index is 12.7. The van der Waals surface area contributed by atoms with Gasteiger partial charge in [0.05, 0.1) is 26.3 Å². The van der Waals surface area contributed by atoms with E-state index >= 15 is 0 Å². The van der Waals surface area contributed by atoms with Crippen LogP contribution in [0.2, 0.25) is 0 Å². The van der Waals surface area contributed by atoms with Crippen LogP contribution in [0.25, 0.3) is 0 Å². The second-order valence-electron chi connectivity index (χ2n) is 5.73. The molecule has 0 radical (unpaired) electrons. The molecule has 0 aliphatic rings. The molecule has 9 heteroatoms. The molecule has 0 atom stereocenters. The molecule has 2 N–H and O–H groups in total. The Kier molecular flexibility index (Phi) is 6.86. The molecule has 0 heterocycles. The molecule has 0 bridgehead atoms. The number of benzene rings is 2. The first-order valence-electron chi connectivity index (χ1n) is 8.17. The molecular weight excluding hydrogens is 377 g/mol. The van der Waals surface area contributed by atoms with Gasteiger partial charge < -0.3 is 20.1 Å². The van der Waals surface area contributed by atoms with Crippen molar-refractivity contribution >= 4 is 11.8 Å². The minimum atomic E-state index is -4.45. The lowest BCUT2D eigenvalue weighted by atomic mass is 10.1. The van der Waals surface area contributed by atoms with Gasteiger partial charge in [0.15, 0.2) is 11.5 Å². The minimum Gasteiger partial charge on any atom is -0.493 e. The number of hydrogen-bond donors (Lipinski definition) is 2. The minimum absolute atomic E-state index is 0.0883. The summed E-state index contributed by atoms with van der Waals surface area (Å²) in [5.41, 5.74) is -0.223. The first-order chi connectivity index (χ1) is 13.2. The summed E-state index contributed by atoms with van der Waals surface area (Å²) < 4.78 is 48.3. The summed E-state index contributed by atoms with van der Waals surface area (Å²) >= 11 is 0. The zero-order valence-electron chi connectivity index (χ0n) is 15.2. The lowest BCUT2D eigenvalue weighted by Gasteiger charge is -2.11. The number of amides is 2. The third kappa shape index (κ3) is 5.63. The summed E-state index contributed by atoms with van der Waals surface area (Å²) in [5, 5.41) is 4.89. The van der Waals surface area contributed by atoms with E-state index in [1.807, 2.05) is 0 Å². The van der Waals surface area contributed by atoms with E-state index in [2.05, 4.69) is 10.6 Å². The third-order valence-corrected chi connectivity index (χ3v) is 3.80. The number of nitrogens with one attached hydrogen (secondary N) is 2. The number of carbonyl (C=O) groups is 2. The predicted octanol–water partition coefficient (Wildman–Crippen LogP) is 2.77. The highest BCUT2D eigenvalue weighted by atomic mass is 19.4. The Morgan fingerprint density at radius 1 is 0.964 bits per heavy atom. The van der Waals surface area contributed by atoms with Crippen molar-refractivity contribution < 1.29 is 32.2 Å². The fraction of sp³-hybridized carbons (Fsp3) is 0.263. The normalized spacial score (nSPS) is 10.9. The summed E-state index contributed by atoms with van der Waals surface area (Å²) in [6.07, 6.45) is -4.45. The standard InChI is InChI=1S/C19H19F3N2O4/c1-27-15-7-6-13(9-16(15)28-2)18(26)24-11-17(25)23-10-12-4-3-5-14(8-12)19(20,21)22/h3-9H,10-11H2,1-2H3,(H,23,25)(H,24,26). The van der Waals surface area contributed by atoms with Crippen LogP contribution >= 0.6 is 0 Å². The van der Waals surface area contributed by atoms with Gasteiger partial charge in [0.1, 0.15) is 0 Å². The molecule has 0 aliphatic carbocycles. The molecule has 0 aromatic heterocycles. The van der Waals surface area contributed by atoms with Gasteiger partial charge >= 0.3 is 6.18 Å². The van der Waals surface area contributed by atoms with Gasteiger partial charge in [0.2, 0.25) is 5.91 Å². The molecule has 2 aromatic rings. The first kappa shape index (κ1) is 21.1. The monoisotopic (exact) mass is 396 g/mol. The van der Waals surface area contributed by atoms with Crippen molar-refractivity contribution in [1.29, 1.82) is 0 Å². The Morgan fingerprint density at radius 2 is 1.68 bits per heavy atom. The van der Waals surface area contributed by atoms with Crippen LogP contribution in [0.3, 0.4) is 0 Å². The van der Waals surface area contributed by atoms with Crippen molar-refractivity contribution in [2.75, 3.05) is 20.8 Å². The predicted molar refractivity (Wildman–Crippen MR) is 95.2 cm³/mol. The Hall–Kier alpha value is -3.23. The van der Waals surface area contributed by atoms with Gasteiger partial charge in [0.25, 0.3) is 5.91 Å². The molecule has 0 unspecified atom stereocenters. The zero-order chi connectivity index (χ0) is 20.7. The number of alkyl halides is 3. The van der Waals surface area contributed by atoms with Crippen LogP contribution in [0.5, 0.6) is 11.5 Å². The number of carbonyl (C=O) groups excluding carboxylic acids is 2. The average Bonchev–Trinajstić information content (AvgIpc) is 2.69. The number of halogens is 3. The number of rotatable bonds is 7. The summed E-state index contributed by atoms with van der Waals surface area (Å²) in [4.78, 5) is 24.0. The highest BCUT2D eigenvalue weighted by Crippen LogP contribution is 2.29. The second-order valence-corrected chi connectivity index (χ2v) is 5.73. The summed E-state index contributed by atoms with van der Waals surface area (Å²) in [5.74, 6) is -0.219. The van der Waals surface area contributed by atoms with Gasteiger partial charge in [0, 0.05) is 12.1 Å². The Bertz CT molecular complexity index is 853. The summed E-state index contributed by atoms with van der Waals surface area (Å²) in [6.45, 7) is -0.416. The van der Waals surface area contributed by atoms with Crippen molar-refractivity contribution in [2.24, 2.45) is 0 Å². The first-order valence-corrected chi connectivity index (χ1v) is 8.17. The highest BCUT2D eigenvalue weighted by molar-refractivity contribution is 5.97. The second kappa shape index (κ2) is 9.12. The molecule has 150 valence electrons. The van der Waals surface area contributed by atoms with Gasteiger partial charge in [-0.15, -0.1) is 0 Å². The smallest absolute Gasteiger partial charge is 0.416 e. The van der Waals surface area contributed by atoms with Crippen LogP contribution in [0.1, 0.15) is 21.5 Å². The molecule has 6 nitrogen and oxygen atoms in total.